The lowest BCUT2D eigenvalue weighted by molar-refractivity contribution is -0.129. The highest BCUT2D eigenvalue weighted by molar-refractivity contribution is 5.80. The highest BCUT2D eigenvalue weighted by Crippen LogP contribution is 2.40. The van der Waals surface area contributed by atoms with E-state index in [0.29, 0.717) is 24.7 Å². The van der Waals surface area contributed by atoms with Crippen LogP contribution in [0.15, 0.2) is 28.8 Å². The summed E-state index contributed by atoms with van der Waals surface area (Å²) in [4.78, 5) is 18.7. The second-order valence-corrected chi connectivity index (χ2v) is 5.88. The van der Waals surface area contributed by atoms with Crippen molar-refractivity contribution in [2.75, 3.05) is 6.54 Å². The van der Waals surface area contributed by atoms with Gasteiger partial charge >= 0.3 is 0 Å². The van der Waals surface area contributed by atoms with E-state index < -0.39 is 0 Å². The number of fused-ring (bicyclic) bond motifs is 1. The number of aryl methyl sites for hydroxylation is 2. The summed E-state index contributed by atoms with van der Waals surface area (Å²) in [6.07, 6.45) is 2.54. The van der Waals surface area contributed by atoms with Crippen molar-refractivity contribution in [3.05, 3.63) is 47.1 Å². The van der Waals surface area contributed by atoms with E-state index in [2.05, 4.69) is 34.4 Å². The maximum absolute atomic E-state index is 12.4. The largest absolute Gasteiger partial charge is 0.339 e. The van der Waals surface area contributed by atoms with Gasteiger partial charge in [0.05, 0.1) is 12.0 Å². The molecule has 1 aromatic carbocycles. The molecular formula is C16H17N3O2. The van der Waals surface area contributed by atoms with Crippen molar-refractivity contribution in [1.82, 2.24) is 15.0 Å². The van der Waals surface area contributed by atoms with E-state index in [4.69, 9.17) is 4.52 Å². The molecule has 2 heterocycles. The van der Waals surface area contributed by atoms with E-state index in [-0.39, 0.29) is 17.9 Å². The van der Waals surface area contributed by atoms with Crippen molar-refractivity contribution < 1.29 is 9.32 Å². The van der Waals surface area contributed by atoms with E-state index in [9.17, 15) is 4.79 Å². The average molecular weight is 283 g/mol. The first kappa shape index (κ1) is 12.6. The molecule has 108 valence electrons. The van der Waals surface area contributed by atoms with Crippen molar-refractivity contribution in [2.45, 2.75) is 38.1 Å². The highest BCUT2D eigenvalue weighted by atomic mass is 16.5. The van der Waals surface area contributed by atoms with Gasteiger partial charge in [-0.1, -0.05) is 29.4 Å². The zero-order chi connectivity index (χ0) is 14.4. The molecule has 2 unspecified atom stereocenters. The van der Waals surface area contributed by atoms with Crippen LogP contribution >= 0.6 is 0 Å². The number of benzene rings is 1. The number of aromatic nitrogens is 2. The van der Waals surface area contributed by atoms with Crippen LogP contribution in [0, 0.1) is 6.92 Å². The Bertz CT molecular complexity index is 694. The fourth-order valence-electron chi connectivity index (χ4n) is 3.54. The number of rotatable bonds is 2. The Balaban J connectivity index is 1.59. The third-order valence-electron chi connectivity index (χ3n) is 4.53. The molecule has 0 saturated carbocycles. The minimum Gasteiger partial charge on any atom is -0.339 e. The summed E-state index contributed by atoms with van der Waals surface area (Å²) in [6, 6.07) is 8.63. The maximum Gasteiger partial charge on any atom is 0.232 e. The molecule has 21 heavy (non-hydrogen) atoms. The molecule has 2 aromatic rings. The summed E-state index contributed by atoms with van der Waals surface area (Å²) in [6.45, 7) is 2.48. The van der Waals surface area contributed by atoms with Crippen LogP contribution in [0.5, 0.6) is 0 Å². The molecule has 1 aliphatic carbocycles. The summed E-state index contributed by atoms with van der Waals surface area (Å²) >= 11 is 0. The average Bonchev–Trinajstić information content (AvgIpc) is 3.17. The molecule has 0 spiro atoms. The van der Waals surface area contributed by atoms with Gasteiger partial charge < -0.3 is 9.42 Å². The van der Waals surface area contributed by atoms with Crippen LogP contribution in [0.1, 0.15) is 47.6 Å². The molecule has 0 bridgehead atoms. The van der Waals surface area contributed by atoms with Gasteiger partial charge in [0, 0.05) is 13.0 Å². The van der Waals surface area contributed by atoms with Crippen molar-refractivity contribution in [2.24, 2.45) is 0 Å². The standard InChI is InChI=1S/C16H17N3O2/c1-10-17-16(21-18-10)12-8-15(20)19(9-12)14-7-6-11-4-2-3-5-13(11)14/h2-5,12,14H,6-9H2,1H3. The van der Waals surface area contributed by atoms with E-state index in [1.165, 1.54) is 11.1 Å². The van der Waals surface area contributed by atoms with Crippen LogP contribution in [0.4, 0.5) is 0 Å². The molecule has 1 saturated heterocycles. The van der Waals surface area contributed by atoms with Crippen LogP contribution in [-0.2, 0) is 11.2 Å². The third kappa shape index (κ3) is 2.04. The number of hydrogen-bond acceptors (Lipinski definition) is 4. The zero-order valence-corrected chi connectivity index (χ0v) is 12.0. The van der Waals surface area contributed by atoms with Gasteiger partial charge in [-0.15, -0.1) is 0 Å². The fraction of sp³-hybridized carbons (Fsp3) is 0.438. The Labute approximate surface area is 123 Å². The molecule has 1 aromatic heterocycles. The molecule has 0 radical (unpaired) electrons. The van der Waals surface area contributed by atoms with E-state index in [1.54, 1.807) is 6.92 Å². The van der Waals surface area contributed by atoms with Crippen LogP contribution in [0.3, 0.4) is 0 Å². The number of amides is 1. The van der Waals surface area contributed by atoms with Crippen LogP contribution < -0.4 is 0 Å². The Morgan fingerprint density at radius 2 is 2.19 bits per heavy atom. The fourth-order valence-corrected chi connectivity index (χ4v) is 3.54. The Morgan fingerprint density at radius 1 is 1.33 bits per heavy atom. The van der Waals surface area contributed by atoms with Gasteiger partial charge in [0.1, 0.15) is 0 Å². The van der Waals surface area contributed by atoms with Crippen molar-refractivity contribution in [3.63, 3.8) is 0 Å². The van der Waals surface area contributed by atoms with Gasteiger partial charge in [0.25, 0.3) is 0 Å². The Hall–Kier alpha value is -2.17. The molecule has 2 aliphatic rings. The number of nitrogens with zero attached hydrogens (tertiary/aromatic N) is 3. The lowest BCUT2D eigenvalue weighted by atomic mass is 10.1. The highest BCUT2D eigenvalue weighted by Gasteiger charge is 2.40. The normalized spacial score (nSPS) is 24.6. The number of hydrogen-bond donors (Lipinski definition) is 0. The van der Waals surface area contributed by atoms with E-state index in [1.807, 2.05) is 4.90 Å². The monoisotopic (exact) mass is 283 g/mol. The minimum absolute atomic E-state index is 0.0338. The first-order valence-corrected chi connectivity index (χ1v) is 7.40. The summed E-state index contributed by atoms with van der Waals surface area (Å²) in [5.41, 5.74) is 2.67. The quantitative estimate of drug-likeness (QED) is 0.849. The molecular weight excluding hydrogens is 266 g/mol. The van der Waals surface area contributed by atoms with Crippen molar-refractivity contribution >= 4 is 5.91 Å². The number of carbonyl (C=O) groups is 1. The second-order valence-electron chi connectivity index (χ2n) is 5.88. The zero-order valence-electron chi connectivity index (χ0n) is 12.0. The molecule has 1 fully saturated rings. The summed E-state index contributed by atoms with van der Waals surface area (Å²) in [5.74, 6) is 1.45. The maximum atomic E-state index is 12.4. The minimum atomic E-state index is 0.0338. The van der Waals surface area contributed by atoms with E-state index >= 15 is 0 Å². The molecule has 2 atom stereocenters. The Morgan fingerprint density at radius 3 is 3.00 bits per heavy atom. The summed E-state index contributed by atoms with van der Waals surface area (Å²) in [7, 11) is 0. The van der Waals surface area contributed by atoms with Crippen molar-refractivity contribution in [3.8, 4) is 0 Å². The lowest BCUT2D eigenvalue weighted by Crippen LogP contribution is -2.28. The third-order valence-corrected chi connectivity index (χ3v) is 4.53. The van der Waals surface area contributed by atoms with Crippen LogP contribution in [0.2, 0.25) is 0 Å². The molecule has 5 nitrogen and oxygen atoms in total. The summed E-state index contributed by atoms with van der Waals surface area (Å²) in [5, 5.41) is 3.83. The van der Waals surface area contributed by atoms with Crippen LogP contribution in [0.25, 0.3) is 0 Å². The lowest BCUT2D eigenvalue weighted by Gasteiger charge is -2.25. The van der Waals surface area contributed by atoms with Gasteiger partial charge in [-0.2, -0.15) is 4.98 Å². The molecule has 5 heteroatoms. The van der Waals surface area contributed by atoms with Crippen molar-refractivity contribution in [1.29, 1.82) is 0 Å². The second kappa shape index (κ2) is 4.69. The predicted octanol–water partition coefficient (Wildman–Crippen LogP) is 2.38. The number of likely N-dealkylation sites (tertiary alicyclic amines) is 1. The SMILES string of the molecule is Cc1noc(C2CC(=O)N(C3CCc4ccccc43)C2)n1. The molecule has 1 amide bonds. The first-order chi connectivity index (χ1) is 10.2. The van der Waals surface area contributed by atoms with Gasteiger partial charge in [0.2, 0.25) is 11.8 Å². The first-order valence-electron chi connectivity index (χ1n) is 7.40. The number of carbonyl (C=O) groups excluding carboxylic acids is 1. The van der Waals surface area contributed by atoms with Gasteiger partial charge in [-0.05, 0) is 30.9 Å². The van der Waals surface area contributed by atoms with E-state index in [0.717, 1.165) is 12.8 Å². The Kier molecular flexibility index (Phi) is 2.80. The molecule has 1 aliphatic heterocycles. The van der Waals surface area contributed by atoms with Gasteiger partial charge in [-0.25, -0.2) is 0 Å². The molecule has 0 N–H and O–H groups in total. The summed E-state index contributed by atoms with van der Waals surface area (Å²) < 4.78 is 5.24. The van der Waals surface area contributed by atoms with Crippen LogP contribution in [-0.4, -0.2) is 27.5 Å². The van der Waals surface area contributed by atoms with Gasteiger partial charge in [0.15, 0.2) is 5.82 Å². The smallest absolute Gasteiger partial charge is 0.232 e. The van der Waals surface area contributed by atoms with Gasteiger partial charge in [-0.3, -0.25) is 4.79 Å². The molecule has 4 rings (SSSR count). The predicted molar refractivity (Wildman–Crippen MR) is 75.6 cm³/mol. The topological polar surface area (TPSA) is 59.2 Å².